The average Bonchev–Trinajstić information content (AvgIpc) is 2.98. The number of phenolic OH excluding ortho intramolecular Hbond substituents is 2. The van der Waals surface area contributed by atoms with Gasteiger partial charge in [0.25, 0.3) is 0 Å². The highest BCUT2D eigenvalue weighted by molar-refractivity contribution is 6.30. The Kier molecular flexibility index (Phi) is 12.3. The summed E-state index contributed by atoms with van der Waals surface area (Å²) < 4.78 is 16.1. The Morgan fingerprint density at radius 2 is 1.05 bits per heavy atom. The van der Waals surface area contributed by atoms with Crippen LogP contribution >= 0.6 is 11.6 Å². The molecule has 2 N–H and O–H groups in total. The van der Waals surface area contributed by atoms with Crippen molar-refractivity contribution in [3.63, 3.8) is 0 Å². The fraction of sp³-hybridized carbons (Fsp3) is 0.235. The van der Waals surface area contributed by atoms with Crippen LogP contribution in [0.15, 0.2) is 84.9 Å². The Labute approximate surface area is 251 Å². The predicted molar refractivity (Wildman–Crippen MR) is 164 cm³/mol. The maximum atomic E-state index is 12.5. The van der Waals surface area contributed by atoms with Gasteiger partial charge in [-0.1, -0.05) is 24.9 Å². The first-order valence-electron chi connectivity index (χ1n) is 13.8. The summed E-state index contributed by atoms with van der Waals surface area (Å²) in [6.45, 7) is 7.50. The van der Waals surface area contributed by atoms with Gasteiger partial charge in [0.05, 0.1) is 30.9 Å². The number of unbranched alkanes of at least 4 members (excludes halogenated alkanes) is 1. The van der Waals surface area contributed by atoms with E-state index in [4.69, 9.17) is 25.8 Å². The molecule has 4 rings (SSSR count). The second-order valence-electron chi connectivity index (χ2n) is 9.12. The highest BCUT2D eigenvalue weighted by Gasteiger charge is 2.15. The van der Waals surface area contributed by atoms with E-state index in [0.717, 1.165) is 18.6 Å². The Morgan fingerprint density at radius 3 is 1.45 bits per heavy atom. The van der Waals surface area contributed by atoms with Crippen molar-refractivity contribution in [2.75, 3.05) is 19.8 Å². The molecule has 0 radical (unpaired) electrons. The zero-order valence-electron chi connectivity index (χ0n) is 23.9. The van der Waals surface area contributed by atoms with Crippen molar-refractivity contribution in [2.24, 2.45) is 0 Å². The number of aromatic hydroxyl groups is 2. The minimum Gasteiger partial charge on any atom is -0.507 e. The lowest BCUT2D eigenvalue weighted by Crippen LogP contribution is -2.03. The summed E-state index contributed by atoms with van der Waals surface area (Å²) in [6.07, 6.45) is 2.08. The minimum atomic E-state index is -0.253. The van der Waals surface area contributed by atoms with Gasteiger partial charge >= 0.3 is 0 Å². The predicted octanol–water partition coefficient (Wildman–Crippen LogP) is 7.88. The molecular weight excluding hydrogens is 556 g/mol. The molecule has 4 aromatic rings. The van der Waals surface area contributed by atoms with Gasteiger partial charge in [0.1, 0.15) is 28.7 Å². The van der Waals surface area contributed by atoms with Crippen LogP contribution in [0.5, 0.6) is 28.7 Å². The third-order valence-electron chi connectivity index (χ3n) is 6.04. The molecule has 42 heavy (non-hydrogen) atoms. The van der Waals surface area contributed by atoms with Crippen LogP contribution in [0.3, 0.4) is 0 Å². The van der Waals surface area contributed by atoms with Crippen molar-refractivity contribution in [3.05, 3.63) is 112 Å². The summed E-state index contributed by atoms with van der Waals surface area (Å²) in [6, 6.07) is 22.9. The normalized spacial score (nSPS) is 10.3. The van der Waals surface area contributed by atoms with Crippen LogP contribution < -0.4 is 14.2 Å². The molecule has 0 unspecified atom stereocenters. The summed E-state index contributed by atoms with van der Waals surface area (Å²) in [7, 11) is 0. The van der Waals surface area contributed by atoms with Gasteiger partial charge in [-0.25, -0.2) is 0 Å². The number of halogens is 1. The quantitative estimate of drug-likeness (QED) is 0.128. The lowest BCUT2D eigenvalue weighted by atomic mass is 10.0. The maximum absolute atomic E-state index is 12.5. The van der Waals surface area contributed by atoms with E-state index in [1.807, 2.05) is 13.8 Å². The van der Waals surface area contributed by atoms with Crippen LogP contribution in [0, 0.1) is 0 Å². The van der Waals surface area contributed by atoms with Crippen molar-refractivity contribution < 1.29 is 34.0 Å². The summed E-state index contributed by atoms with van der Waals surface area (Å²) in [5, 5.41) is 20.5. The van der Waals surface area contributed by atoms with E-state index in [1.165, 1.54) is 12.1 Å². The van der Waals surface area contributed by atoms with Crippen LogP contribution in [-0.2, 0) is 0 Å². The first-order chi connectivity index (χ1) is 20.3. The third-order valence-corrected chi connectivity index (χ3v) is 6.29. The Morgan fingerprint density at radius 1 is 0.619 bits per heavy atom. The summed E-state index contributed by atoms with van der Waals surface area (Å²) in [4.78, 5) is 24.7. The lowest BCUT2D eigenvalue weighted by Gasteiger charge is -2.09. The van der Waals surface area contributed by atoms with E-state index in [1.54, 1.807) is 72.8 Å². The van der Waals surface area contributed by atoms with Crippen LogP contribution in [-0.4, -0.2) is 41.6 Å². The van der Waals surface area contributed by atoms with E-state index >= 15 is 0 Å². The van der Waals surface area contributed by atoms with Crippen molar-refractivity contribution in [2.45, 2.75) is 33.6 Å². The fourth-order valence-electron chi connectivity index (χ4n) is 3.87. The van der Waals surface area contributed by atoms with Gasteiger partial charge in [-0.05, 0) is 93.1 Å². The molecule has 0 saturated heterocycles. The Hall–Kier alpha value is -4.49. The van der Waals surface area contributed by atoms with Crippen LogP contribution in [0.2, 0.25) is 5.02 Å². The number of ketones is 2. The second kappa shape index (κ2) is 16.1. The van der Waals surface area contributed by atoms with Crippen molar-refractivity contribution in [3.8, 4) is 28.7 Å². The molecule has 0 aliphatic heterocycles. The van der Waals surface area contributed by atoms with Gasteiger partial charge < -0.3 is 24.4 Å². The smallest absolute Gasteiger partial charge is 0.196 e. The number of phenols is 2. The van der Waals surface area contributed by atoms with Crippen molar-refractivity contribution in [1.82, 2.24) is 0 Å². The molecule has 0 aliphatic rings. The van der Waals surface area contributed by atoms with Gasteiger partial charge in [0, 0.05) is 28.3 Å². The molecule has 0 atom stereocenters. The van der Waals surface area contributed by atoms with Crippen LogP contribution in [0.4, 0.5) is 0 Å². The third kappa shape index (κ3) is 9.01. The minimum absolute atomic E-state index is 0.0794. The zero-order valence-corrected chi connectivity index (χ0v) is 24.7. The summed E-state index contributed by atoms with van der Waals surface area (Å²) >= 11 is 5.77. The van der Waals surface area contributed by atoms with E-state index in [0.29, 0.717) is 47.5 Å². The fourth-order valence-corrected chi connectivity index (χ4v) is 3.99. The van der Waals surface area contributed by atoms with Crippen molar-refractivity contribution in [1.29, 1.82) is 0 Å². The lowest BCUT2D eigenvalue weighted by molar-refractivity contribution is 0.102. The average molecular weight is 591 g/mol. The number of hydrogen-bond acceptors (Lipinski definition) is 7. The zero-order chi connectivity index (χ0) is 30.5. The first kappa shape index (κ1) is 32.0. The largest absolute Gasteiger partial charge is 0.507 e. The topological polar surface area (TPSA) is 102 Å². The molecular formula is C34H35ClO7. The molecule has 220 valence electrons. The number of benzene rings is 4. The highest BCUT2D eigenvalue weighted by Crippen LogP contribution is 2.27. The number of hydrogen-bond donors (Lipinski definition) is 2. The van der Waals surface area contributed by atoms with Crippen molar-refractivity contribution >= 4 is 23.2 Å². The van der Waals surface area contributed by atoms with Gasteiger partial charge in [-0.15, -0.1) is 0 Å². The van der Waals surface area contributed by atoms with E-state index in [2.05, 4.69) is 6.92 Å². The Balaban J connectivity index is 0.000000235. The standard InChI is InChI=1S/C19H22O4.C15H13ClO3/c1-3-5-12-23-15-8-6-14(7-9-15)19(21)17-11-10-16(22-4-2)13-18(17)20;1-2-19-12-7-8-13(14(17)9-12)15(18)10-3-5-11(16)6-4-10/h6-11,13,20H,3-5,12H2,1-2H3;3-9,17H,2H2,1H3. The first-order valence-corrected chi connectivity index (χ1v) is 14.1. The number of carbonyl (C=O) groups is 2. The van der Waals surface area contributed by atoms with Gasteiger partial charge in [0.2, 0.25) is 0 Å². The van der Waals surface area contributed by atoms with Gasteiger partial charge in [-0.2, -0.15) is 0 Å². The maximum Gasteiger partial charge on any atom is 0.196 e. The van der Waals surface area contributed by atoms with E-state index in [-0.39, 0.29) is 34.2 Å². The molecule has 0 amide bonds. The number of carbonyl (C=O) groups excluding carboxylic acids is 2. The molecule has 0 spiro atoms. The molecule has 0 heterocycles. The van der Waals surface area contributed by atoms with Crippen LogP contribution in [0.25, 0.3) is 0 Å². The monoisotopic (exact) mass is 590 g/mol. The highest BCUT2D eigenvalue weighted by atomic mass is 35.5. The molecule has 0 aliphatic carbocycles. The second-order valence-corrected chi connectivity index (χ2v) is 9.55. The van der Waals surface area contributed by atoms with E-state index < -0.39 is 0 Å². The molecule has 8 heteroatoms. The van der Waals surface area contributed by atoms with Crippen LogP contribution in [0.1, 0.15) is 65.5 Å². The molecule has 0 aromatic heterocycles. The summed E-state index contributed by atoms with van der Waals surface area (Å²) in [5.74, 6) is 1.16. The summed E-state index contributed by atoms with van der Waals surface area (Å²) in [5.41, 5.74) is 1.48. The number of rotatable bonds is 12. The molecule has 0 saturated carbocycles. The number of ether oxygens (including phenoxy) is 3. The van der Waals surface area contributed by atoms with Gasteiger partial charge in [-0.3, -0.25) is 9.59 Å². The molecule has 7 nitrogen and oxygen atoms in total. The SMILES string of the molecule is CCCCOc1ccc(C(=O)c2ccc(OCC)cc2O)cc1.CCOc1ccc(C(=O)c2ccc(Cl)cc2)c(O)c1. The van der Waals surface area contributed by atoms with E-state index in [9.17, 15) is 19.8 Å². The molecule has 0 bridgehead atoms. The Bertz CT molecular complexity index is 1460. The van der Waals surface area contributed by atoms with Gasteiger partial charge in [0.15, 0.2) is 11.6 Å². The molecule has 0 fully saturated rings. The molecule has 4 aromatic carbocycles.